The van der Waals surface area contributed by atoms with Crippen LogP contribution in [0.15, 0.2) is 12.4 Å². The standard InChI is InChI=1S/C13H22N4O3S/c1-3-21(19,20)9-10(2)15-12-6-14-17(7-12)8-13(18)16-11-4-5-11/h6-7,10-11,15H,3-5,8-9H2,1-2H3,(H,16,18). The van der Waals surface area contributed by atoms with E-state index in [4.69, 9.17) is 0 Å². The van der Waals surface area contributed by atoms with Crippen molar-refractivity contribution in [3.63, 3.8) is 0 Å². The van der Waals surface area contributed by atoms with Gasteiger partial charge in [-0.1, -0.05) is 6.92 Å². The molecule has 8 heteroatoms. The maximum atomic E-state index is 11.6. The number of nitrogens with zero attached hydrogens (tertiary/aromatic N) is 2. The molecule has 1 aromatic heterocycles. The number of hydrogen-bond donors (Lipinski definition) is 2. The number of hydrogen-bond acceptors (Lipinski definition) is 5. The van der Waals surface area contributed by atoms with Crippen molar-refractivity contribution in [3.05, 3.63) is 12.4 Å². The second-order valence-corrected chi connectivity index (χ2v) is 7.91. The second kappa shape index (κ2) is 6.46. The topological polar surface area (TPSA) is 93.1 Å². The molecule has 1 aromatic rings. The molecule has 21 heavy (non-hydrogen) atoms. The molecule has 7 nitrogen and oxygen atoms in total. The summed E-state index contributed by atoms with van der Waals surface area (Å²) in [5, 5.41) is 10.1. The Morgan fingerprint density at radius 2 is 2.24 bits per heavy atom. The lowest BCUT2D eigenvalue weighted by atomic mass is 10.4. The molecule has 1 heterocycles. The van der Waals surface area contributed by atoms with Gasteiger partial charge in [0, 0.05) is 24.0 Å². The third-order valence-electron chi connectivity index (χ3n) is 3.24. The van der Waals surface area contributed by atoms with Crippen LogP contribution in [0.4, 0.5) is 5.69 Å². The smallest absolute Gasteiger partial charge is 0.241 e. The zero-order valence-electron chi connectivity index (χ0n) is 12.4. The van der Waals surface area contributed by atoms with Gasteiger partial charge in [0.2, 0.25) is 5.91 Å². The molecular formula is C13H22N4O3S. The minimum Gasteiger partial charge on any atom is -0.379 e. The molecule has 1 fully saturated rings. The summed E-state index contributed by atoms with van der Waals surface area (Å²) in [5.41, 5.74) is 0.716. The zero-order valence-corrected chi connectivity index (χ0v) is 13.2. The van der Waals surface area contributed by atoms with Gasteiger partial charge in [-0.05, 0) is 19.8 Å². The minimum atomic E-state index is -3.01. The number of anilines is 1. The van der Waals surface area contributed by atoms with Gasteiger partial charge in [-0.2, -0.15) is 5.10 Å². The molecule has 0 radical (unpaired) electrons. The van der Waals surface area contributed by atoms with Crippen LogP contribution in [0, 0.1) is 0 Å². The van der Waals surface area contributed by atoms with Gasteiger partial charge in [0.1, 0.15) is 6.54 Å². The van der Waals surface area contributed by atoms with Crippen LogP contribution in [-0.2, 0) is 21.2 Å². The number of rotatable bonds is 8. The Morgan fingerprint density at radius 3 is 2.86 bits per heavy atom. The first-order chi connectivity index (χ1) is 9.88. The Balaban J connectivity index is 1.83. The van der Waals surface area contributed by atoms with E-state index in [-0.39, 0.29) is 30.0 Å². The van der Waals surface area contributed by atoms with Crippen molar-refractivity contribution in [2.75, 3.05) is 16.8 Å². The summed E-state index contributed by atoms with van der Waals surface area (Å²) in [7, 11) is -3.01. The summed E-state index contributed by atoms with van der Waals surface area (Å²) >= 11 is 0. The SMILES string of the molecule is CCS(=O)(=O)CC(C)Nc1cnn(CC(=O)NC2CC2)c1. The first-order valence-corrected chi connectivity index (χ1v) is 8.99. The normalized spacial score (nSPS) is 16.5. The van der Waals surface area contributed by atoms with Crippen molar-refractivity contribution in [1.82, 2.24) is 15.1 Å². The predicted octanol–water partition coefficient (Wildman–Crippen LogP) is 0.397. The summed E-state index contributed by atoms with van der Waals surface area (Å²) in [6.07, 6.45) is 5.42. The van der Waals surface area contributed by atoms with Crippen molar-refractivity contribution in [2.45, 2.75) is 45.3 Å². The van der Waals surface area contributed by atoms with E-state index in [1.165, 1.54) is 0 Å². The van der Waals surface area contributed by atoms with E-state index < -0.39 is 9.84 Å². The van der Waals surface area contributed by atoms with Gasteiger partial charge in [0.25, 0.3) is 0 Å². The Kier molecular flexibility index (Phi) is 4.87. The van der Waals surface area contributed by atoms with Crippen LogP contribution < -0.4 is 10.6 Å². The first kappa shape index (κ1) is 15.8. The van der Waals surface area contributed by atoms with Gasteiger partial charge >= 0.3 is 0 Å². The van der Waals surface area contributed by atoms with Crippen molar-refractivity contribution >= 4 is 21.4 Å². The molecule has 2 N–H and O–H groups in total. The third kappa shape index (κ3) is 5.37. The summed E-state index contributed by atoms with van der Waals surface area (Å²) in [6.45, 7) is 3.63. The lowest BCUT2D eigenvalue weighted by Gasteiger charge is -2.12. The fraction of sp³-hybridized carbons (Fsp3) is 0.692. The second-order valence-electron chi connectivity index (χ2n) is 5.51. The Hall–Kier alpha value is -1.57. The molecule has 1 saturated carbocycles. The van der Waals surface area contributed by atoms with Crippen molar-refractivity contribution < 1.29 is 13.2 Å². The lowest BCUT2D eigenvalue weighted by Crippen LogP contribution is -2.29. The summed E-state index contributed by atoms with van der Waals surface area (Å²) in [6, 6.07) is 0.137. The highest BCUT2D eigenvalue weighted by molar-refractivity contribution is 7.91. The number of sulfone groups is 1. The molecular weight excluding hydrogens is 292 g/mol. The maximum Gasteiger partial charge on any atom is 0.241 e. The summed E-state index contributed by atoms with van der Waals surface area (Å²) < 4.78 is 24.6. The number of aromatic nitrogens is 2. The van der Waals surface area contributed by atoms with Crippen molar-refractivity contribution in [1.29, 1.82) is 0 Å². The molecule has 1 atom stereocenters. The van der Waals surface area contributed by atoms with Crippen LogP contribution >= 0.6 is 0 Å². The van der Waals surface area contributed by atoms with Gasteiger partial charge in [0.15, 0.2) is 9.84 Å². The number of carbonyl (C=O) groups is 1. The molecule has 0 saturated heterocycles. The van der Waals surface area contributed by atoms with Crippen LogP contribution in [0.1, 0.15) is 26.7 Å². The summed E-state index contributed by atoms with van der Waals surface area (Å²) in [5.74, 6) is 0.171. The summed E-state index contributed by atoms with van der Waals surface area (Å²) in [4.78, 5) is 11.6. The zero-order chi connectivity index (χ0) is 15.5. The highest BCUT2D eigenvalue weighted by Gasteiger charge is 2.23. The Morgan fingerprint density at radius 1 is 1.52 bits per heavy atom. The molecule has 1 unspecified atom stereocenters. The fourth-order valence-corrected chi connectivity index (χ4v) is 3.08. The molecule has 1 aliphatic carbocycles. The lowest BCUT2D eigenvalue weighted by molar-refractivity contribution is -0.122. The van der Waals surface area contributed by atoms with E-state index in [9.17, 15) is 13.2 Å². The monoisotopic (exact) mass is 314 g/mol. The van der Waals surface area contributed by atoms with Gasteiger partial charge in [-0.3, -0.25) is 9.48 Å². The highest BCUT2D eigenvalue weighted by Crippen LogP contribution is 2.18. The third-order valence-corrected chi connectivity index (χ3v) is 5.13. The molecule has 0 bridgehead atoms. The quantitative estimate of drug-likeness (QED) is 0.724. The largest absolute Gasteiger partial charge is 0.379 e. The molecule has 1 amide bonds. The molecule has 1 aliphatic rings. The molecule has 2 rings (SSSR count). The van der Waals surface area contributed by atoms with Crippen LogP contribution in [0.2, 0.25) is 0 Å². The van der Waals surface area contributed by atoms with Gasteiger partial charge < -0.3 is 10.6 Å². The average Bonchev–Trinajstić information content (AvgIpc) is 3.09. The van der Waals surface area contributed by atoms with Crippen LogP contribution in [0.3, 0.4) is 0 Å². The Bertz CT molecular complexity index is 592. The van der Waals surface area contributed by atoms with Crippen LogP contribution in [-0.4, -0.2) is 47.7 Å². The van der Waals surface area contributed by atoms with E-state index in [0.717, 1.165) is 12.8 Å². The van der Waals surface area contributed by atoms with E-state index in [1.807, 2.05) is 6.92 Å². The predicted molar refractivity (Wildman–Crippen MR) is 80.8 cm³/mol. The molecule has 0 aliphatic heterocycles. The van der Waals surface area contributed by atoms with E-state index in [0.29, 0.717) is 11.7 Å². The van der Waals surface area contributed by atoms with Crippen LogP contribution in [0.25, 0.3) is 0 Å². The molecule has 118 valence electrons. The number of nitrogens with one attached hydrogen (secondary N) is 2. The van der Waals surface area contributed by atoms with Gasteiger partial charge in [-0.15, -0.1) is 0 Å². The van der Waals surface area contributed by atoms with E-state index in [2.05, 4.69) is 15.7 Å². The van der Waals surface area contributed by atoms with E-state index >= 15 is 0 Å². The fourth-order valence-electron chi connectivity index (χ4n) is 2.00. The Labute approximate surface area is 125 Å². The van der Waals surface area contributed by atoms with Gasteiger partial charge in [0.05, 0.1) is 17.6 Å². The maximum absolute atomic E-state index is 11.6. The van der Waals surface area contributed by atoms with Crippen molar-refractivity contribution in [2.24, 2.45) is 0 Å². The van der Waals surface area contributed by atoms with E-state index in [1.54, 1.807) is 24.0 Å². The van der Waals surface area contributed by atoms with Crippen molar-refractivity contribution in [3.8, 4) is 0 Å². The average molecular weight is 314 g/mol. The number of carbonyl (C=O) groups excluding carboxylic acids is 1. The van der Waals surface area contributed by atoms with Crippen LogP contribution in [0.5, 0.6) is 0 Å². The molecule has 0 aromatic carbocycles. The first-order valence-electron chi connectivity index (χ1n) is 7.16. The number of amides is 1. The minimum absolute atomic E-state index is 0.0474. The molecule has 0 spiro atoms. The van der Waals surface area contributed by atoms with Gasteiger partial charge in [-0.25, -0.2) is 8.42 Å². The highest BCUT2D eigenvalue weighted by atomic mass is 32.2.